The lowest BCUT2D eigenvalue weighted by atomic mass is 9.95. The number of hydrogen-bond acceptors (Lipinski definition) is 8. The van der Waals surface area contributed by atoms with Gasteiger partial charge in [0.15, 0.2) is 0 Å². The summed E-state index contributed by atoms with van der Waals surface area (Å²) in [7, 11) is 0. The summed E-state index contributed by atoms with van der Waals surface area (Å²) < 4.78 is 7.82. The van der Waals surface area contributed by atoms with E-state index in [4.69, 9.17) is 4.74 Å². The molecule has 1 aliphatic rings. The zero-order valence-corrected chi connectivity index (χ0v) is 13.4. The summed E-state index contributed by atoms with van der Waals surface area (Å²) in [5, 5.41) is 15.3. The minimum atomic E-state index is -0.846. The monoisotopic (exact) mass is 327 g/mol. The molecular weight excluding hydrogens is 310 g/mol. The van der Waals surface area contributed by atoms with E-state index in [2.05, 4.69) is 40.4 Å². The highest BCUT2D eigenvalue weighted by molar-refractivity contribution is 5.40. The number of nitrogens with zero attached hydrogens (tertiary/aromatic N) is 8. The largest absolute Gasteiger partial charge is 0.372 e. The van der Waals surface area contributed by atoms with E-state index >= 15 is 0 Å². The molecule has 2 unspecified atom stereocenters. The van der Waals surface area contributed by atoms with Crippen LogP contribution in [0.3, 0.4) is 0 Å². The van der Waals surface area contributed by atoms with Gasteiger partial charge in [-0.1, -0.05) is 5.21 Å². The fraction of sp³-hybridized carbons (Fsp3) is 0.429. The number of hydrogen-bond donors (Lipinski definition) is 1. The second kappa shape index (κ2) is 5.64. The van der Waals surface area contributed by atoms with Crippen molar-refractivity contribution in [3.63, 3.8) is 0 Å². The minimum Gasteiger partial charge on any atom is -0.372 e. The summed E-state index contributed by atoms with van der Waals surface area (Å²) in [6, 6.07) is 1.86. The summed E-state index contributed by atoms with van der Waals surface area (Å²) in [4.78, 5) is 14.9. The second-order valence-electron chi connectivity index (χ2n) is 5.58. The van der Waals surface area contributed by atoms with Crippen molar-refractivity contribution in [3.05, 3.63) is 42.5 Å². The molecule has 4 rings (SSSR count). The maximum atomic E-state index is 6.00. The van der Waals surface area contributed by atoms with E-state index in [0.717, 1.165) is 11.4 Å². The van der Waals surface area contributed by atoms with E-state index in [0.29, 0.717) is 19.1 Å². The number of nitrogens with one attached hydrogen (secondary N) is 1. The van der Waals surface area contributed by atoms with Crippen molar-refractivity contribution >= 4 is 5.95 Å². The number of aromatic nitrogens is 8. The van der Waals surface area contributed by atoms with Crippen LogP contribution in [0.5, 0.6) is 0 Å². The Labute approximate surface area is 137 Å². The summed E-state index contributed by atoms with van der Waals surface area (Å²) in [5.74, 6) is 0.624. The molecule has 0 spiro atoms. The molecule has 1 N–H and O–H groups in total. The Morgan fingerprint density at radius 1 is 1.33 bits per heavy atom. The predicted octanol–water partition coefficient (Wildman–Crippen LogP) is 0.121. The summed E-state index contributed by atoms with van der Waals surface area (Å²) in [5.41, 5.74) is 0.784. The highest BCUT2D eigenvalue weighted by atomic mass is 16.5. The van der Waals surface area contributed by atoms with Crippen molar-refractivity contribution in [3.8, 4) is 0 Å². The molecule has 24 heavy (non-hydrogen) atoms. The zero-order chi connectivity index (χ0) is 16.6. The van der Waals surface area contributed by atoms with Crippen LogP contribution in [-0.2, 0) is 10.4 Å². The molecule has 124 valence electrons. The molecule has 0 aromatic carbocycles. The van der Waals surface area contributed by atoms with Crippen molar-refractivity contribution in [2.24, 2.45) is 0 Å². The second-order valence-corrected chi connectivity index (χ2v) is 5.58. The predicted molar refractivity (Wildman–Crippen MR) is 83.0 cm³/mol. The first-order chi connectivity index (χ1) is 11.7. The highest BCUT2D eigenvalue weighted by Crippen LogP contribution is 2.38. The smallest absolute Gasteiger partial charge is 0.223 e. The van der Waals surface area contributed by atoms with Crippen LogP contribution in [-0.4, -0.2) is 59.4 Å². The Morgan fingerprint density at radius 3 is 2.92 bits per heavy atom. The van der Waals surface area contributed by atoms with Crippen molar-refractivity contribution < 1.29 is 4.74 Å². The number of aryl methyl sites for hydroxylation is 1. The molecular formula is C14H17N9O. The van der Waals surface area contributed by atoms with E-state index in [-0.39, 0.29) is 6.10 Å². The van der Waals surface area contributed by atoms with Gasteiger partial charge in [-0.25, -0.2) is 19.7 Å². The molecule has 3 aromatic heterocycles. The minimum absolute atomic E-state index is 0.258. The first kappa shape index (κ1) is 14.7. The molecule has 0 radical (unpaired) electrons. The quantitative estimate of drug-likeness (QED) is 0.722. The molecule has 2 atom stereocenters. The average molecular weight is 327 g/mol. The van der Waals surface area contributed by atoms with Crippen LogP contribution in [0.15, 0.2) is 31.1 Å². The van der Waals surface area contributed by atoms with Crippen LogP contribution in [0.1, 0.15) is 18.3 Å². The third-order valence-electron chi connectivity index (χ3n) is 4.32. The first-order valence-corrected chi connectivity index (χ1v) is 7.63. The van der Waals surface area contributed by atoms with E-state index in [1.165, 1.54) is 12.7 Å². The van der Waals surface area contributed by atoms with Gasteiger partial charge in [0.25, 0.3) is 0 Å². The normalized spacial score (nSPS) is 24.2. The molecule has 10 heteroatoms. The molecule has 1 fully saturated rings. The fourth-order valence-electron chi connectivity index (χ4n) is 3.30. The van der Waals surface area contributed by atoms with Gasteiger partial charge >= 0.3 is 0 Å². The highest BCUT2D eigenvalue weighted by Gasteiger charge is 2.52. The van der Waals surface area contributed by atoms with Gasteiger partial charge in [-0.05, 0) is 19.9 Å². The van der Waals surface area contributed by atoms with Gasteiger partial charge in [-0.2, -0.15) is 10.1 Å². The third kappa shape index (κ3) is 1.99. The molecule has 0 bridgehead atoms. The Balaban J connectivity index is 2.01. The lowest BCUT2D eigenvalue weighted by molar-refractivity contribution is -0.0438. The topological polar surface area (TPSA) is 111 Å². The van der Waals surface area contributed by atoms with Crippen LogP contribution in [0, 0.1) is 6.92 Å². The van der Waals surface area contributed by atoms with Gasteiger partial charge in [-0.3, -0.25) is 0 Å². The maximum Gasteiger partial charge on any atom is 0.223 e. The van der Waals surface area contributed by atoms with Crippen molar-refractivity contribution in [2.45, 2.75) is 25.6 Å². The lowest BCUT2D eigenvalue weighted by Gasteiger charge is -2.49. The Kier molecular flexibility index (Phi) is 3.45. The van der Waals surface area contributed by atoms with E-state index in [1.807, 2.05) is 24.6 Å². The van der Waals surface area contributed by atoms with Crippen LogP contribution in [0.25, 0.3) is 0 Å². The standard InChI is InChI=1S/C14H17N9O/c1-10-7-18-21-23(10)14(12-3-4-15-8-16-12)11(2)24-6-5-22(14)13-17-9-19-20-13/h3-4,7-9,11H,5-6H2,1-2H3,(H,17,19,20). The summed E-state index contributed by atoms with van der Waals surface area (Å²) >= 11 is 0. The number of rotatable bonds is 3. The molecule has 0 aliphatic carbocycles. The summed E-state index contributed by atoms with van der Waals surface area (Å²) in [6.45, 7) is 5.10. The van der Waals surface area contributed by atoms with Crippen molar-refractivity contribution in [2.75, 3.05) is 18.1 Å². The van der Waals surface area contributed by atoms with Gasteiger partial charge in [-0.15, -0.1) is 5.10 Å². The molecule has 10 nitrogen and oxygen atoms in total. The number of H-pyrrole nitrogens is 1. The zero-order valence-electron chi connectivity index (χ0n) is 13.4. The number of morpholine rings is 1. The Hall–Kier alpha value is -2.88. The average Bonchev–Trinajstić information content (AvgIpc) is 3.27. The Bertz CT molecular complexity index is 803. The maximum absolute atomic E-state index is 6.00. The molecule has 0 amide bonds. The van der Waals surface area contributed by atoms with Gasteiger partial charge in [0.2, 0.25) is 11.6 Å². The Morgan fingerprint density at radius 2 is 2.25 bits per heavy atom. The van der Waals surface area contributed by atoms with Crippen molar-refractivity contribution in [1.29, 1.82) is 0 Å². The molecule has 4 heterocycles. The molecule has 3 aromatic rings. The SMILES string of the molecule is Cc1cnnn1C1(c2ccncn2)C(C)OCCN1c1ncn[nH]1. The van der Waals surface area contributed by atoms with Gasteiger partial charge in [0, 0.05) is 12.7 Å². The molecule has 1 aliphatic heterocycles. The fourth-order valence-corrected chi connectivity index (χ4v) is 3.30. The van der Waals surface area contributed by atoms with Gasteiger partial charge < -0.3 is 9.64 Å². The van der Waals surface area contributed by atoms with Gasteiger partial charge in [0.1, 0.15) is 18.8 Å². The number of aromatic amines is 1. The van der Waals surface area contributed by atoms with E-state index in [9.17, 15) is 0 Å². The third-order valence-corrected chi connectivity index (χ3v) is 4.32. The van der Waals surface area contributed by atoms with Crippen LogP contribution in [0.2, 0.25) is 0 Å². The van der Waals surface area contributed by atoms with E-state index in [1.54, 1.807) is 12.4 Å². The van der Waals surface area contributed by atoms with Crippen molar-refractivity contribution in [1.82, 2.24) is 40.1 Å². The molecule has 1 saturated heterocycles. The van der Waals surface area contributed by atoms with Crippen LogP contribution in [0.4, 0.5) is 5.95 Å². The van der Waals surface area contributed by atoms with Crippen LogP contribution < -0.4 is 4.90 Å². The molecule has 0 saturated carbocycles. The summed E-state index contributed by atoms with van der Waals surface area (Å²) in [6.07, 6.45) is 6.16. The van der Waals surface area contributed by atoms with Gasteiger partial charge in [0.05, 0.1) is 24.2 Å². The first-order valence-electron chi connectivity index (χ1n) is 7.63. The lowest BCUT2D eigenvalue weighted by Crippen LogP contribution is -2.64. The number of ether oxygens (including phenoxy) is 1. The van der Waals surface area contributed by atoms with Crippen LogP contribution >= 0.6 is 0 Å². The van der Waals surface area contributed by atoms with E-state index < -0.39 is 5.66 Å². The number of anilines is 1.